The Hall–Kier alpha value is -2.43. The van der Waals surface area contributed by atoms with Crippen LogP contribution >= 0.6 is 11.6 Å². The predicted octanol–water partition coefficient (Wildman–Crippen LogP) is 8.34. The minimum absolute atomic E-state index is 0.0987. The van der Waals surface area contributed by atoms with Gasteiger partial charge in [0, 0.05) is 34.1 Å². The number of hydrogen-bond acceptors (Lipinski definition) is 5. The fraction of sp³-hybridized carbons (Fsp3) is 0.526. The molecule has 0 spiro atoms. The van der Waals surface area contributed by atoms with Crippen LogP contribution < -0.4 is 4.90 Å². The first kappa shape index (κ1) is 35.4. The van der Waals surface area contributed by atoms with Gasteiger partial charge >= 0.3 is 0 Å². The summed E-state index contributed by atoms with van der Waals surface area (Å²) in [7, 11) is -8.04. The van der Waals surface area contributed by atoms with E-state index in [1.165, 1.54) is 16.7 Å². The highest BCUT2D eigenvalue weighted by Gasteiger charge is 2.74. The van der Waals surface area contributed by atoms with Crippen molar-refractivity contribution in [1.82, 2.24) is 0 Å². The molecule has 0 amide bonds. The van der Waals surface area contributed by atoms with Crippen LogP contribution in [0.2, 0.25) is 0 Å². The van der Waals surface area contributed by atoms with Crippen LogP contribution in [0.5, 0.6) is 0 Å². The zero-order valence-electron chi connectivity index (χ0n) is 28.3. The van der Waals surface area contributed by atoms with E-state index >= 15 is 0 Å². The van der Waals surface area contributed by atoms with E-state index in [9.17, 15) is 25.9 Å². The first-order valence-corrected chi connectivity index (χ1v) is 20.7. The second-order valence-corrected chi connectivity index (χ2v) is 18.8. The van der Waals surface area contributed by atoms with Crippen LogP contribution in [0.3, 0.4) is 0 Å². The molecule has 1 heterocycles. The Balaban J connectivity index is 1.26. The van der Waals surface area contributed by atoms with E-state index in [1.807, 2.05) is 12.1 Å². The van der Waals surface area contributed by atoms with E-state index < -0.39 is 20.2 Å². The molecular formula is C38H48ClNO6S2. The molecule has 0 saturated heterocycles. The highest BCUT2D eigenvalue weighted by Crippen LogP contribution is 2.80. The standard InChI is InChI=1S/C38H48ClNO6S2/c1-36(2)30-16-7-8-18-32(30)40(23-11-25-48(44,45)46)33(36)20-19-26-12-9-13-27(35(26)39)21-22-38-31(17-10-24-47(41,42)43)34(38)28-14-5-6-15-29(28)37(38,3)4/h5-8,14-16,18-19,21-22,31,33-34H,9-13,17,20,23-25H2,1-4H3,(H,41,42,43)(H,44,45,46)/b22-21+,26-19+. The van der Waals surface area contributed by atoms with Crippen molar-refractivity contribution in [3.05, 3.63) is 99.6 Å². The maximum atomic E-state index is 11.5. The molecule has 1 saturated carbocycles. The van der Waals surface area contributed by atoms with Gasteiger partial charge in [0.1, 0.15) is 0 Å². The summed E-state index contributed by atoms with van der Waals surface area (Å²) < 4.78 is 64.7. The molecule has 6 rings (SSSR count). The van der Waals surface area contributed by atoms with Gasteiger partial charge in [0.15, 0.2) is 0 Å². The summed E-state index contributed by atoms with van der Waals surface area (Å²) in [5, 5.41) is 0.800. The summed E-state index contributed by atoms with van der Waals surface area (Å²) in [6, 6.07) is 17.0. The highest BCUT2D eigenvalue weighted by molar-refractivity contribution is 7.86. The topological polar surface area (TPSA) is 112 Å². The van der Waals surface area contributed by atoms with E-state index in [1.54, 1.807) is 0 Å². The van der Waals surface area contributed by atoms with Gasteiger partial charge in [-0.3, -0.25) is 9.11 Å². The van der Waals surface area contributed by atoms with Gasteiger partial charge in [-0.25, -0.2) is 0 Å². The number of halogens is 1. The van der Waals surface area contributed by atoms with Crippen molar-refractivity contribution in [1.29, 1.82) is 0 Å². The molecule has 0 aromatic heterocycles. The maximum Gasteiger partial charge on any atom is 0.264 e. The van der Waals surface area contributed by atoms with Crippen molar-refractivity contribution in [2.45, 2.75) is 95.4 Å². The number of rotatable bonds is 12. The van der Waals surface area contributed by atoms with Gasteiger partial charge in [0.2, 0.25) is 0 Å². The smallest absolute Gasteiger partial charge is 0.264 e. The number of fused-ring (bicyclic) bond motifs is 4. The lowest BCUT2D eigenvalue weighted by molar-refractivity contribution is 0.333. The zero-order chi connectivity index (χ0) is 34.7. The van der Waals surface area contributed by atoms with Crippen LogP contribution in [0.4, 0.5) is 5.69 Å². The molecule has 0 bridgehead atoms. The summed E-state index contributed by atoms with van der Waals surface area (Å²) in [6.07, 6.45) is 11.9. The van der Waals surface area contributed by atoms with Crippen LogP contribution in [0, 0.1) is 11.3 Å². The Kier molecular flexibility index (Phi) is 9.38. The fourth-order valence-corrected chi connectivity index (χ4v) is 10.9. The summed E-state index contributed by atoms with van der Waals surface area (Å²) >= 11 is 7.20. The molecule has 7 nitrogen and oxygen atoms in total. The molecule has 3 aliphatic carbocycles. The van der Waals surface area contributed by atoms with E-state index in [2.05, 4.69) is 87.2 Å². The van der Waals surface area contributed by atoms with Crippen molar-refractivity contribution >= 4 is 37.5 Å². The maximum absolute atomic E-state index is 11.5. The molecule has 4 aliphatic rings. The molecule has 1 fully saturated rings. The molecule has 48 heavy (non-hydrogen) atoms. The second kappa shape index (κ2) is 12.7. The van der Waals surface area contributed by atoms with Gasteiger partial charge < -0.3 is 4.90 Å². The third kappa shape index (κ3) is 6.34. The molecule has 0 radical (unpaired) electrons. The van der Waals surface area contributed by atoms with Gasteiger partial charge in [-0.15, -0.1) is 0 Å². The first-order chi connectivity index (χ1) is 22.5. The Morgan fingerprint density at radius 2 is 1.54 bits per heavy atom. The normalized spacial score (nSPS) is 28.2. The number of allylic oxidation sites excluding steroid dienone is 5. The van der Waals surface area contributed by atoms with Gasteiger partial charge in [-0.2, -0.15) is 16.8 Å². The van der Waals surface area contributed by atoms with E-state index in [0.29, 0.717) is 25.3 Å². The lowest BCUT2D eigenvalue weighted by atomic mass is 9.71. The second-order valence-electron chi connectivity index (χ2n) is 15.2. The molecule has 1 aliphatic heterocycles. The van der Waals surface area contributed by atoms with E-state index in [4.69, 9.17) is 11.6 Å². The minimum atomic E-state index is -4.04. The lowest BCUT2D eigenvalue weighted by Gasteiger charge is -2.34. The van der Waals surface area contributed by atoms with Crippen molar-refractivity contribution in [3.63, 3.8) is 0 Å². The van der Waals surface area contributed by atoms with E-state index in [-0.39, 0.29) is 39.7 Å². The summed E-state index contributed by atoms with van der Waals surface area (Å²) in [5.74, 6) is 0.105. The number of hydrogen-bond donors (Lipinski definition) is 2. The van der Waals surface area contributed by atoms with Crippen LogP contribution in [0.15, 0.2) is 82.9 Å². The molecule has 4 unspecified atom stereocenters. The van der Waals surface area contributed by atoms with Gasteiger partial charge in [-0.1, -0.05) is 100.0 Å². The molecule has 10 heteroatoms. The molecule has 2 aromatic carbocycles. The number of para-hydroxylation sites is 1. The van der Waals surface area contributed by atoms with Crippen molar-refractivity contribution in [2.24, 2.45) is 11.3 Å². The van der Waals surface area contributed by atoms with Crippen molar-refractivity contribution in [2.75, 3.05) is 23.0 Å². The monoisotopic (exact) mass is 713 g/mol. The summed E-state index contributed by atoms with van der Waals surface area (Å²) in [4.78, 5) is 2.30. The van der Waals surface area contributed by atoms with Crippen molar-refractivity contribution in [3.8, 4) is 0 Å². The molecular weight excluding hydrogens is 666 g/mol. The minimum Gasteiger partial charge on any atom is -0.367 e. The largest absolute Gasteiger partial charge is 0.367 e. The Bertz CT molecular complexity index is 1890. The molecule has 2 N–H and O–H groups in total. The molecule has 2 aromatic rings. The van der Waals surface area contributed by atoms with Crippen LogP contribution in [0.1, 0.15) is 95.2 Å². The van der Waals surface area contributed by atoms with Crippen LogP contribution in [0.25, 0.3) is 0 Å². The van der Waals surface area contributed by atoms with Crippen molar-refractivity contribution < 1.29 is 25.9 Å². The van der Waals surface area contributed by atoms with Gasteiger partial charge in [0.25, 0.3) is 20.2 Å². The Morgan fingerprint density at radius 3 is 2.25 bits per heavy atom. The van der Waals surface area contributed by atoms with Gasteiger partial charge in [-0.05, 0) is 96.1 Å². The zero-order valence-corrected chi connectivity index (χ0v) is 30.7. The highest BCUT2D eigenvalue weighted by atomic mass is 35.5. The lowest BCUT2D eigenvalue weighted by Crippen LogP contribution is -2.42. The number of benzene rings is 2. The third-order valence-corrected chi connectivity index (χ3v) is 14.0. The predicted molar refractivity (Wildman–Crippen MR) is 194 cm³/mol. The molecule has 4 atom stereocenters. The fourth-order valence-electron chi connectivity index (χ4n) is 9.56. The number of nitrogens with zero attached hydrogens (tertiary/aromatic N) is 1. The summed E-state index contributed by atoms with van der Waals surface area (Å²) in [5.41, 5.74) is 6.82. The Labute approximate surface area is 291 Å². The van der Waals surface area contributed by atoms with Gasteiger partial charge in [0.05, 0.1) is 11.5 Å². The number of anilines is 1. The van der Waals surface area contributed by atoms with E-state index in [0.717, 1.165) is 54.0 Å². The SMILES string of the molecule is CC1(C)c2ccccc2N(CCCS(=O)(=O)O)C1C/C=C1\CCCC(/C=C/C23C(CCCS(=O)(=O)O)C2c2ccccc2C3(C)C)=C1Cl. The average Bonchev–Trinajstić information content (AvgIpc) is 3.54. The third-order valence-electron chi connectivity index (χ3n) is 11.9. The van der Waals surface area contributed by atoms with Crippen LogP contribution in [-0.4, -0.2) is 50.0 Å². The Morgan fingerprint density at radius 1 is 0.896 bits per heavy atom. The van der Waals surface area contributed by atoms with Crippen LogP contribution in [-0.2, 0) is 31.1 Å². The molecule has 260 valence electrons. The first-order valence-electron chi connectivity index (χ1n) is 17.1. The average molecular weight is 714 g/mol. The quantitative estimate of drug-likeness (QED) is 0.213. The summed E-state index contributed by atoms with van der Waals surface area (Å²) in [6.45, 7) is 9.60.